The van der Waals surface area contributed by atoms with Gasteiger partial charge in [-0.2, -0.15) is 0 Å². The van der Waals surface area contributed by atoms with Crippen LogP contribution in [0.2, 0.25) is 0 Å². The third-order valence-corrected chi connectivity index (χ3v) is 4.77. The maximum Gasteiger partial charge on any atom is 0.188 e. The molecule has 0 aliphatic heterocycles. The molecule has 0 amide bonds. The molecule has 2 aliphatic carbocycles. The number of nitrogens with two attached hydrogens (primary N) is 1. The lowest BCUT2D eigenvalue weighted by atomic mass is 9.81. The van der Waals surface area contributed by atoms with E-state index in [-0.39, 0.29) is 0 Å². The van der Waals surface area contributed by atoms with E-state index in [0.717, 1.165) is 18.4 Å². The van der Waals surface area contributed by atoms with Crippen molar-refractivity contribution in [1.82, 2.24) is 5.32 Å². The van der Waals surface area contributed by atoms with E-state index in [9.17, 15) is 0 Å². The van der Waals surface area contributed by atoms with Crippen molar-refractivity contribution in [2.75, 3.05) is 6.54 Å². The Balaban J connectivity index is 1.66. The molecule has 0 saturated heterocycles. The highest BCUT2D eigenvalue weighted by Gasteiger charge is 2.20. The van der Waals surface area contributed by atoms with Crippen molar-refractivity contribution in [3.63, 3.8) is 0 Å². The smallest absolute Gasteiger partial charge is 0.188 e. The Bertz CT molecular complexity index is 261. The minimum absolute atomic E-state index is 0.588. The van der Waals surface area contributed by atoms with E-state index in [1.165, 1.54) is 57.8 Å². The van der Waals surface area contributed by atoms with Crippen LogP contribution in [-0.2, 0) is 0 Å². The molecule has 2 fully saturated rings. The molecule has 2 aliphatic rings. The van der Waals surface area contributed by atoms with Crippen molar-refractivity contribution < 1.29 is 0 Å². The van der Waals surface area contributed by atoms with Crippen LogP contribution in [-0.4, -0.2) is 18.5 Å². The van der Waals surface area contributed by atoms with Gasteiger partial charge in [0.1, 0.15) is 0 Å². The van der Waals surface area contributed by atoms with Crippen LogP contribution in [0.1, 0.15) is 64.7 Å². The summed E-state index contributed by atoms with van der Waals surface area (Å²) in [6, 6.07) is 0.588. The van der Waals surface area contributed by atoms with Crippen molar-refractivity contribution in [2.45, 2.75) is 70.8 Å². The van der Waals surface area contributed by atoms with Gasteiger partial charge >= 0.3 is 0 Å². The zero-order valence-corrected chi connectivity index (χ0v) is 11.8. The molecule has 0 heterocycles. The number of hydrogen-bond acceptors (Lipinski definition) is 1. The van der Waals surface area contributed by atoms with E-state index in [0.29, 0.717) is 12.0 Å². The predicted molar refractivity (Wildman–Crippen MR) is 77.6 cm³/mol. The van der Waals surface area contributed by atoms with E-state index in [1.54, 1.807) is 0 Å². The highest BCUT2D eigenvalue weighted by molar-refractivity contribution is 5.78. The predicted octanol–water partition coefficient (Wildman–Crippen LogP) is 3.05. The zero-order chi connectivity index (χ0) is 12.8. The van der Waals surface area contributed by atoms with Gasteiger partial charge in [-0.1, -0.05) is 39.0 Å². The fourth-order valence-electron chi connectivity index (χ4n) is 3.37. The van der Waals surface area contributed by atoms with Gasteiger partial charge in [0.2, 0.25) is 0 Å². The summed E-state index contributed by atoms with van der Waals surface area (Å²) in [6.07, 6.45) is 12.0. The number of hydrogen-bond donors (Lipinski definition) is 2. The fraction of sp³-hybridized carbons (Fsp3) is 0.933. The van der Waals surface area contributed by atoms with Crippen LogP contribution in [0.25, 0.3) is 0 Å². The average molecular weight is 251 g/mol. The van der Waals surface area contributed by atoms with Crippen molar-refractivity contribution in [3.05, 3.63) is 0 Å². The maximum atomic E-state index is 5.96. The fourth-order valence-corrected chi connectivity index (χ4v) is 3.37. The molecular formula is C15H29N3. The van der Waals surface area contributed by atoms with Crippen LogP contribution in [0, 0.1) is 11.8 Å². The van der Waals surface area contributed by atoms with Crippen molar-refractivity contribution >= 4 is 5.96 Å². The Kier molecular flexibility index (Phi) is 5.33. The Morgan fingerprint density at radius 3 is 2.28 bits per heavy atom. The van der Waals surface area contributed by atoms with Gasteiger partial charge in [0.25, 0.3) is 0 Å². The average Bonchev–Trinajstić information content (AvgIpc) is 2.90. The van der Waals surface area contributed by atoms with Crippen molar-refractivity contribution in [3.8, 4) is 0 Å². The van der Waals surface area contributed by atoms with Crippen LogP contribution in [0.5, 0.6) is 0 Å². The monoisotopic (exact) mass is 251 g/mol. The minimum atomic E-state index is 0.588. The van der Waals surface area contributed by atoms with E-state index < -0.39 is 0 Å². The summed E-state index contributed by atoms with van der Waals surface area (Å²) in [6.45, 7) is 3.24. The third kappa shape index (κ3) is 4.18. The molecule has 3 nitrogen and oxygen atoms in total. The molecule has 3 N–H and O–H groups in total. The number of nitrogens with zero attached hydrogens (tertiary/aromatic N) is 1. The molecule has 18 heavy (non-hydrogen) atoms. The van der Waals surface area contributed by atoms with Gasteiger partial charge in [0, 0.05) is 12.6 Å². The molecule has 2 rings (SSSR count). The second kappa shape index (κ2) is 7.01. The Morgan fingerprint density at radius 2 is 1.67 bits per heavy atom. The van der Waals surface area contributed by atoms with E-state index >= 15 is 0 Å². The lowest BCUT2D eigenvalue weighted by molar-refractivity contribution is 0.274. The molecule has 0 atom stereocenters. The van der Waals surface area contributed by atoms with Gasteiger partial charge in [0.15, 0.2) is 5.96 Å². The summed E-state index contributed by atoms with van der Waals surface area (Å²) >= 11 is 0. The molecule has 0 aromatic carbocycles. The highest BCUT2D eigenvalue weighted by atomic mass is 15.1. The first-order valence-electron chi connectivity index (χ1n) is 7.84. The molecule has 0 bridgehead atoms. The summed E-state index contributed by atoms with van der Waals surface area (Å²) in [5.74, 6) is 2.43. The molecule has 0 spiro atoms. The lowest BCUT2D eigenvalue weighted by Crippen LogP contribution is -2.39. The summed E-state index contributed by atoms with van der Waals surface area (Å²) < 4.78 is 0. The molecule has 104 valence electrons. The lowest BCUT2D eigenvalue weighted by Gasteiger charge is -2.26. The van der Waals surface area contributed by atoms with Gasteiger partial charge < -0.3 is 11.1 Å². The molecule has 3 heteroatoms. The van der Waals surface area contributed by atoms with Gasteiger partial charge in [0.05, 0.1) is 0 Å². The number of rotatable bonds is 4. The summed E-state index contributed by atoms with van der Waals surface area (Å²) in [5.41, 5.74) is 5.96. The highest BCUT2D eigenvalue weighted by Crippen LogP contribution is 2.30. The van der Waals surface area contributed by atoms with Gasteiger partial charge in [-0.15, -0.1) is 0 Å². The number of aliphatic imine (C=N–C) groups is 1. The Hall–Kier alpha value is -0.730. The molecule has 0 radical (unpaired) electrons. The van der Waals surface area contributed by atoms with Crippen LogP contribution >= 0.6 is 0 Å². The van der Waals surface area contributed by atoms with Crippen molar-refractivity contribution in [2.24, 2.45) is 22.6 Å². The van der Waals surface area contributed by atoms with Gasteiger partial charge in [-0.25, -0.2) is 0 Å². The van der Waals surface area contributed by atoms with Gasteiger partial charge in [-0.3, -0.25) is 4.99 Å². The summed E-state index contributed by atoms with van der Waals surface area (Å²) in [4.78, 5) is 4.55. The maximum absolute atomic E-state index is 5.96. The Labute approximate surface area is 112 Å². The summed E-state index contributed by atoms with van der Waals surface area (Å²) in [7, 11) is 0. The van der Waals surface area contributed by atoms with E-state index in [4.69, 9.17) is 5.73 Å². The normalized spacial score (nSPS) is 30.6. The molecular weight excluding hydrogens is 222 g/mol. The SMILES string of the molecule is CCC1CCC(CN=C(N)NC2CCCC2)CC1. The molecule has 0 aromatic heterocycles. The zero-order valence-electron chi connectivity index (χ0n) is 11.8. The second-order valence-corrected chi connectivity index (χ2v) is 6.15. The topological polar surface area (TPSA) is 50.4 Å². The Morgan fingerprint density at radius 1 is 1.06 bits per heavy atom. The first kappa shape index (κ1) is 13.7. The third-order valence-electron chi connectivity index (χ3n) is 4.77. The second-order valence-electron chi connectivity index (χ2n) is 6.15. The number of guanidine groups is 1. The first-order valence-corrected chi connectivity index (χ1v) is 7.84. The van der Waals surface area contributed by atoms with E-state index in [1.807, 2.05) is 0 Å². The van der Waals surface area contributed by atoms with Gasteiger partial charge in [-0.05, 0) is 37.5 Å². The van der Waals surface area contributed by atoms with Crippen LogP contribution in [0.15, 0.2) is 4.99 Å². The summed E-state index contributed by atoms with van der Waals surface area (Å²) in [5, 5.41) is 3.37. The van der Waals surface area contributed by atoms with Crippen LogP contribution < -0.4 is 11.1 Å². The van der Waals surface area contributed by atoms with Crippen LogP contribution in [0.4, 0.5) is 0 Å². The molecule has 0 unspecified atom stereocenters. The quantitative estimate of drug-likeness (QED) is 0.596. The number of nitrogens with one attached hydrogen (secondary N) is 1. The standard InChI is InChI=1S/C15H29N3/c1-2-12-7-9-13(10-8-12)11-17-15(16)18-14-5-3-4-6-14/h12-14H,2-11H2,1H3,(H3,16,17,18). The van der Waals surface area contributed by atoms with Crippen molar-refractivity contribution in [1.29, 1.82) is 0 Å². The first-order chi connectivity index (χ1) is 8.78. The molecule has 2 saturated carbocycles. The van der Waals surface area contributed by atoms with Crippen LogP contribution in [0.3, 0.4) is 0 Å². The molecule has 0 aromatic rings. The van der Waals surface area contributed by atoms with E-state index in [2.05, 4.69) is 17.2 Å². The minimum Gasteiger partial charge on any atom is -0.370 e. The largest absolute Gasteiger partial charge is 0.370 e.